The van der Waals surface area contributed by atoms with E-state index in [-0.39, 0.29) is 17.1 Å². The molecule has 1 unspecified atom stereocenters. The molecule has 5 nitrogen and oxygen atoms in total. The van der Waals surface area contributed by atoms with Crippen molar-refractivity contribution in [3.8, 4) is 0 Å². The smallest absolute Gasteiger partial charge is 0.319 e. The Kier molecular flexibility index (Phi) is 5.44. The molecule has 8 heteroatoms. The van der Waals surface area contributed by atoms with Gasteiger partial charge in [0.1, 0.15) is 5.82 Å². The van der Waals surface area contributed by atoms with Gasteiger partial charge in [-0.05, 0) is 25.5 Å². The third-order valence-corrected chi connectivity index (χ3v) is 5.07. The molecule has 1 aliphatic rings. The molecule has 2 rings (SSSR count). The zero-order valence-electron chi connectivity index (χ0n) is 12.3. The second kappa shape index (κ2) is 7.11. The van der Waals surface area contributed by atoms with Crippen LogP contribution in [-0.4, -0.2) is 39.6 Å². The first-order chi connectivity index (χ1) is 10.0. The monoisotopic (exact) mass is 317 g/mol. The highest BCUT2D eigenvalue weighted by Gasteiger charge is 2.29. The number of halogens is 2. The van der Waals surface area contributed by atoms with Crippen molar-refractivity contribution in [1.82, 2.24) is 20.2 Å². The Hall–Kier alpha value is -1.31. The first-order valence-corrected chi connectivity index (χ1v) is 7.91. The van der Waals surface area contributed by atoms with Crippen LogP contribution in [0.5, 0.6) is 0 Å². The Balaban J connectivity index is 1.84. The number of hydrogen-bond donors (Lipinski definition) is 2. The average Bonchev–Trinajstić information content (AvgIpc) is 3.08. The maximum atomic E-state index is 12.7. The van der Waals surface area contributed by atoms with Crippen LogP contribution in [0.15, 0.2) is 17.4 Å². The lowest BCUT2D eigenvalue weighted by molar-refractivity contribution is 0.0668. The summed E-state index contributed by atoms with van der Waals surface area (Å²) in [7, 11) is 1.67. The summed E-state index contributed by atoms with van der Waals surface area (Å²) in [6.45, 7) is 0.670. The van der Waals surface area contributed by atoms with Crippen LogP contribution in [0.4, 0.5) is 8.78 Å². The molecule has 1 aliphatic heterocycles. The molecule has 1 aromatic rings. The van der Waals surface area contributed by atoms with Crippen molar-refractivity contribution >= 4 is 17.7 Å². The number of nitrogens with zero attached hydrogens (tertiary/aromatic N) is 3. The van der Waals surface area contributed by atoms with Crippen molar-refractivity contribution in [1.29, 1.82) is 0 Å². The van der Waals surface area contributed by atoms with Gasteiger partial charge in [-0.3, -0.25) is 9.56 Å². The second-order valence-electron chi connectivity index (χ2n) is 5.21. The van der Waals surface area contributed by atoms with E-state index in [9.17, 15) is 8.78 Å². The Morgan fingerprint density at radius 3 is 3.00 bits per heavy atom. The van der Waals surface area contributed by atoms with Gasteiger partial charge < -0.3 is 10.6 Å². The fourth-order valence-corrected chi connectivity index (χ4v) is 3.53. The van der Waals surface area contributed by atoms with Gasteiger partial charge in [0.2, 0.25) is 0 Å². The van der Waals surface area contributed by atoms with Crippen LogP contribution in [0.2, 0.25) is 0 Å². The van der Waals surface area contributed by atoms with Crippen molar-refractivity contribution in [3.63, 3.8) is 0 Å². The van der Waals surface area contributed by atoms with Gasteiger partial charge in [-0.15, -0.1) is 0 Å². The zero-order chi connectivity index (χ0) is 15.3. The topological polar surface area (TPSA) is 54.2 Å². The van der Waals surface area contributed by atoms with Crippen LogP contribution < -0.4 is 10.6 Å². The maximum absolute atomic E-state index is 12.7. The molecule has 0 amide bonds. The molecule has 0 aliphatic carbocycles. The van der Waals surface area contributed by atoms with Crippen molar-refractivity contribution in [2.24, 2.45) is 4.99 Å². The number of imidazole rings is 1. The molecule has 0 radical (unpaired) electrons. The lowest BCUT2D eigenvalue weighted by Gasteiger charge is -2.24. The van der Waals surface area contributed by atoms with Crippen molar-refractivity contribution < 1.29 is 8.78 Å². The van der Waals surface area contributed by atoms with Gasteiger partial charge in [0.25, 0.3) is 0 Å². The lowest BCUT2D eigenvalue weighted by atomic mass is 10.1. The van der Waals surface area contributed by atoms with Gasteiger partial charge in [-0.1, -0.05) is 0 Å². The number of hydrogen-bond acceptors (Lipinski definition) is 3. The van der Waals surface area contributed by atoms with E-state index in [0.717, 1.165) is 11.1 Å². The van der Waals surface area contributed by atoms with Crippen LogP contribution in [0.3, 0.4) is 0 Å². The first kappa shape index (κ1) is 16.1. The lowest BCUT2D eigenvalue weighted by Crippen LogP contribution is -2.43. The fourth-order valence-electron chi connectivity index (χ4n) is 2.29. The van der Waals surface area contributed by atoms with E-state index < -0.39 is 6.55 Å². The van der Waals surface area contributed by atoms with E-state index in [1.54, 1.807) is 7.05 Å². The largest absolute Gasteiger partial charge is 0.355 e. The predicted molar refractivity (Wildman–Crippen MR) is 81.8 cm³/mol. The van der Waals surface area contributed by atoms with Crippen molar-refractivity contribution in [3.05, 3.63) is 18.2 Å². The zero-order valence-corrected chi connectivity index (χ0v) is 13.1. The quantitative estimate of drug-likeness (QED) is 0.646. The number of nitrogens with one attached hydrogen (secondary N) is 2. The highest BCUT2D eigenvalue weighted by atomic mass is 32.2. The molecule has 0 spiro atoms. The Bertz CT molecular complexity index is 483. The predicted octanol–water partition coefficient (Wildman–Crippen LogP) is 2.23. The van der Waals surface area contributed by atoms with E-state index in [2.05, 4.69) is 27.5 Å². The summed E-state index contributed by atoms with van der Waals surface area (Å²) in [6, 6.07) is 0. The molecule has 1 aromatic heterocycles. The van der Waals surface area contributed by atoms with E-state index in [0.29, 0.717) is 5.96 Å². The molecule has 1 atom stereocenters. The molecule has 0 bridgehead atoms. The third-order valence-electron chi connectivity index (χ3n) is 3.53. The van der Waals surface area contributed by atoms with Gasteiger partial charge in [0.15, 0.2) is 5.96 Å². The maximum Gasteiger partial charge on any atom is 0.319 e. The number of rotatable bonds is 5. The molecule has 0 saturated carbocycles. The number of alkyl halides is 2. The number of aliphatic imine (C=N–C) groups is 1. The summed E-state index contributed by atoms with van der Waals surface area (Å²) in [5, 5.41) is 6.28. The number of aromatic nitrogens is 2. The summed E-state index contributed by atoms with van der Waals surface area (Å²) >= 11 is 1.96. The molecule has 1 fully saturated rings. The third kappa shape index (κ3) is 4.33. The van der Waals surface area contributed by atoms with E-state index in [1.807, 2.05) is 11.8 Å². The van der Waals surface area contributed by atoms with Crippen LogP contribution in [-0.2, 0) is 6.54 Å². The van der Waals surface area contributed by atoms with Crippen LogP contribution in [0, 0.1) is 0 Å². The van der Waals surface area contributed by atoms with E-state index >= 15 is 0 Å². The van der Waals surface area contributed by atoms with E-state index in [4.69, 9.17) is 0 Å². The van der Waals surface area contributed by atoms with Crippen molar-refractivity contribution in [2.45, 2.75) is 37.6 Å². The van der Waals surface area contributed by atoms with Gasteiger partial charge in [0, 0.05) is 30.7 Å². The first-order valence-electron chi connectivity index (χ1n) is 6.92. The van der Waals surface area contributed by atoms with Gasteiger partial charge in [0.05, 0.1) is 6.54 Å². The minimum absolute atomic E-state index is 0.209. The Morgan fingerprint density at radius 1 is 1.57 bits per heavy atom. The molecule has 2 N–H and O–H groups in total. The van der Waals surface area contributed by atoms with Gasteiger partial charge in [-0.25, -0.2) is 4.98 Å². The summed E-state index contributed by atoms with van der Waals surface area (Å²) in [5.74, 6) is 2.08. The SMILES string of the molecule is CN=C(NCc1nccn1C(F)F)NCC1(C)CCCS1. The molecule has 0 aromatic carbocycles. The molecule has 118 valence electrons. The van der Waals surface area contributed by atoms with Crippen LogP contribution in [0.1, 0.15) is 32.1 Å². The second-order valence-corrected chi connectivity index (χ2v) is 6.89. The molecule has 21 heavy (non-hydrogen) atoms. The highest BCUT2D eigenvalue weighted by molar-refractivity contribution is 8.00. The molecule has 2 heterocycles. The van der Waals surface area contributed by atoms with Crippen LogP contribution in [0.25, 0.3) is 0 Å². The highest BCUT2D eigenvalue weighted by Crippen LogP contribution is 2.36. The van der Waals surface area contributed by atoms with E-state index in [1.165, 1.54) is 31.0 Å². The number of thioether (sulfide) groups is 1. The standard InChI is InChI=1S/C13H21F2N5S/c1-13(4-3-7-21-13)9-19-12(16-2)18-8-10-17-5-6-20(10)11(14)15/h5-6,11H,3-4,7-9H2,1-2H3,(H2,16,18,19). The minimum atomic E-state index is -2.58. The summed E-state index contributed by atoms with van der Waals surface area (Å²) < 4.78 is 26.5. The summed E-state index contributed by atoms with van der Waals surface area (Å²) in [5.41, 5.74) is 0. The normalized spacial score (nSPS) is 22.8. The summed E-state index contributed by atoms with van der Waals surface area (Å²) in [6.07, 6.45) is 5.06. The van der Waals surface area contributed by atoms with Crippen molar-refractivity contribution in [2.75, 3.05) is 19.3 Å². The number of guanidine groups is 1. The minimum Gasteiger partial charge on any atom is -0.355 e. The Morgan fingerprint density at radius 2 is 2.38 bits per heavy atom. The van der Waals surface area contributed by atoms with Gasteiger partial charge in [-0.2, -0.15) is 20.5 Å². The molecular weight excluding hydrogens is 296 g/mol. The van der Waals surface area contributed by atoms with Crippen LogP contribution >= 0.6 is 11.8 Å². The average molecular weight is 317 g/mol. The van der Waals surface area contributed by atoms with Gasteiger partial charge >= 0.3 is 6.55 Å². The molecular formula is C13H21F2N5S. The fraction of sp³-hybridized carbons (Fsp3) is 0.692. The molecule has 1 saturated heterocycles. The Labute approximate surface area is 127 Å². The summed E-state index contributed by atoms with van der Waals surface area (Å²) in [4.78, 5) is 8.04.